The molecule has 3 rings (SSSR count). The smallest absolute Gasteiger partial charge is 0.165 e. The largest absolute Gasteiger partial charge is 0.378 e. The summed E-state index contributed by atoms with van der Waals surface area (Å²) < 4.78 is 7.55. The van der Waals surface area contributed by atoms with Gasteiger partial charge in [0.25, 0.3) is 0 Å². The molecule has 17 heavy (non-hydrogen) atoms. The molecule has 1 saturated heterocycles. The van der Waals surface area contributed by atoms with Gasteiger partial charge in [-0.15, -0.1) is 10.2 Å². The van der Waals surface area contributed by atoms with Gasteiger partial charge in [0.15, 0.2) is 5.65 Å². The van der Waals surface area contributed by atoms with E-state index in [0.717, 1.165) is 43.2 Å². The molecule has 0 aliphatic carbocycles. The maximum atomic E-state index is 5.89. The van der Waals surface area contributed by atoms with Gasteiger partial charge >= 0.3 is 0 Å². The van der Waals surface area contributed by atoms with Crippen LogP contribution in [0.4, 0.5) is 0 Å². The molecule has 1 unspecified atom stereocenters. The van der Waals surface area contributed by atoms with Gasteiger partial charge in [0.05, 0.1) is 6.10 Å². The SMILES string of the molecule is Cc1nc(Cl)cc2nnc(CC3CCCO3)n12. The fourth-order valence-electron chi connectivity index (χ4n) is 2.26. The molecule has 6 heteroatoms. The first kappa shape index (κ1) is 10.9. The normalized spacial score (nSPS) is 20.2. The quantitative estimate of drug-likeness (QED) is 0.765. The third-order valence-electron chi connectivity index (χ3n) is 3.03. The number of rotatable bonds is 2. The van der Waals surface area contributed by atoms with Crippen LogP contribution in [-0.4, -0.2) is 32.3 Å². The number of hydrogen-bond acceptors (Lipinski definition) is 4. The van der Waals surface area contributed by atoms with Crippen molar-refractivity contribution in [2.75, 3.05) is 6.61 Å². The predicted octanol–water partition coefficient (Wildman–Crippen LogP) is 1.81. The van der Waals surface area contributed by atoms with Crippen molar-refractivity contribution in [3.8, 4) is 0 Å². The van der Waals surface area contributed by atoms with Gasteiger partial charge in [-0.3, -0.25) is 4.40 Å². The molecule has 0 bridgehead atoms. The summed E-state index contributed by atoms with van der Waals surface area (Å²) >= 11 is 5.89. The zero-order valence-electron chi connectivity index (χ0n) is 9.56. The highest BCUT2D eigenvalue weighted by Gasteiger charge is 2.19. The number of ether oxygens (including phenoxy) is 1. The molecule has 1 aliphatic rings. The summed E-state index contributed by atoms with van der Waals surface area (Å²) in [5.41, 5.74) is 0.746. The lowest BCUT2D eigenvalue weighted by Gasteiger charge is -2.08. The van der Waals surface area contributed by atoms with Gasteiger partial charge in [-0.2, -0.15) is 0 Å². The van der Waals surface area contributed by atoms with Crippen LogP contribution < -0.4 is 0 Å². The van der Waals surface area contributed by atoms with Crippen molar-refractivity contribution in [2.24, 2.45) is 0 Å². The minimum absolute atomic E-state index is 0.262. The van der Waals surface area contributed by atoms with E-state index in [4.69, 9.17) is 16.3 Å². The molecule has 1 fully saturated rings. The van der Waals surface area contributed by atoms with Gasteiger partial charge in [-0.1, -0.05) is 11.6 Å². The Morgan fingerprint density at radius 3 is 3.18 bits per heavy atom. The Labute approximate surface area is 104 Å². The average molecular weight is 253 g/mol. The van der Waals surface area contributed by atoms with Crippen LogP contribution in [0, 0.1) is 6.92 Å². The van der Waals surface area contributed by atoms with Crippen LogP contribution in [0.5, 0.6) is 0 Å². The molecule has 0 spiro atoms. The third-order valence-corrected chi connectivity index (χ3v) is 3.22. The first-order valence-electron chi connectivity index (χ1n) is 5.73. The van der Waals surface area contributed by atoms with E-state index in [-0.39, 0.29) is 6.10 Å². The maximum absolute atomic E-state index is 5.89. The van der Waals surface area contributed by atoms with Crippen molar-refractivity contribution in [3.05, 3.63) is 22.9 Å². The van der Waals surface area contributed by atoms with E-state index in [1.807, 2.05) is 11.3 Å². The van der Waals surface area contributed by atoms with Crippen LogP contribution >= 0.6 is 11.6 Å². The highest BCUT2D eigenvalue weighted by atomic mass is 35.5. The molecule has 1 atom stereocenters. The number of aromatic nitrogens is 4. The topological polar surface area (TPSA) is 52.3 Å². The lowest BCUT2D eigenvalue weighted by molar-refractivity contribution is 0.109. The Kier molecular flexibility index (Phi) is 2.72. The number of halogens is 1. The van der Waals surface area contributed by atoms with Crippen LogP contribution in [0.2, 0.25) is 5.15 Å². The average Bonchev–Trinajstić information content (AvgIpc) is 2.88. The Morgan fingerprint density at radius 2 is 2.41 bits per heavy atom. The molecular weight excluding hydrogens is 240 g/mol. The van der Waals surface area contributed by atoms with Gasteiger partial charge in [0, 0.05) is 19.1 Å². The summed E-state index contributed by atoms with van der Waals surface area (Å²) in [6.07, 6.45) is 3.27. The van der Waals surface area contributed by atoms with Crippen molar-refractivity contribution in [3.63, 3.8) is 0 Å². The van der Waals surface area contributed by atoms with Crippen molar-refractivity contribution < 1.29 is 4.74 Å². The number of aryl methyl sites for hydroxylation is 1. The van der Waals surface area contributed by atoms with E-state index in [0.29, 0.717) is 5.15 Å². The van der Waals surface area contributed by atoms with Gasteiger partial charge in [0.1, 0.15) is 16.8 Å². The zero-order chi connectivity index (χ0) is 11.8. The number of fused-ring (bicyclic) bond motifs is 1. The maximum Gasteiger partial charge on any atom is 0.165 e. The Balaban J connectivity index is 1.99. The Hall–Kier alpha value is -1.20. The van der Waals surface area contributed by atoms with Crippen molar-refractivity contribution in [1.29, 1.82) is 0 Å². The van der Waals surface area contributed by atoms with Crippen LogP contribution in [0.1, 0.15) is 24.5 Å². The summed E-state index contributed by atoms with van der Waals surface area (Å²) in [5, 5.41) is 8.76. The highest BCUT2D eigenvalue weighted by Crippen LogP contribution is 2.18. The zero-order valence-corrected chi connectivity index (χ0v) is 10.3. The molecule has 0 amide bonds. The first-order chi connectivity index (χ1) is 8.24. The molecule has 0 radical (unpaired) electrons. The molecule has 5 nitrogen and oxygen atoms in total. The summed E-state index contributed by atoms with van der Waals surface area (Å²) in [6.45, 7) is 2.76. The standard InChI is InChI=1S/C11H13ClN4O/c1-7-13-9(12)6-11-15-14-10(16(7)11)5-8-3-2-4-17-8/h6,8H,2-5H2,1H3. The molecule has 1 aliphatic heterocycles. The fraction of sp³-hybridized carbons (Fsp3) is 0.545. The van der Waals surface area contributed by atoms with Gasteiger partial charge in [-0.05, 0) is 19.8 Å². The van der Waals surface area contributed by atoms with E-state index in [1.54, 1.807) is 6.07 Å². The summed E-state index contributed by atoms with van der Waals surface area (Å²) in [7, 11) is 0. The molecule has 2 aromatic rings. The highest BCUT2D eigenvalue weighted by molar-refractivity contribution is 6.29. The van der Waals surface area contributed by atoms with Crippen molar-refractivity contribution in [2.45, 2.75) is 32.3 Å². The molecule has 0 saturated carbocycles. The second-order valence-corrected chi connectivity index (χ2v) is 4.66. The third kappa shape index (κ3) is 2.00. The molecule has 2 aromatic heterocycles. The van der Waals surface area contributed by atoms with Gasteiger partial charge < -0.3 is 4.74 Å². The fourth-order valence-corrected chi connectivity index (χ4v) is 2.48. The van der Waals surface area contributed by atoms with Crippen molar-refractivity contribution >= 4 is 17.2 Å². The van der Waals surface area contributed by atoms with Crippen LogP contribution in [0.3, 0.4) is 0 Å². The van der Waals surface area contributed by atoms with E-state index in [2.05, 4.69) is 15.2 Å². The molecule has 90 valence electrons. The van der Waals surface area contributed by atoms with E-state index < -0.39 is 0 Å². The summed E-state index contributed by atoms with van der Waals surface area (Å²) in [4.78, 5) is 4.22. The van der Waals surface area contributed by atoms with Crippen molar-refractivity contribution in [1.82, 2.24) is 19.6 Å². The minimum Gasteiger partial charge on any atom is -0.378 e. The van der Waals surface area contributed by atoms with Gasteiger partial charge in [0.2, 0.25) is 0 Å². The van der Waals surface area contributed by atoms with Crippen LogP contribution in [0.25, 0.3) is 5.65 Å². The number of hydrogen-bond donors (Lipinski definition) is 0. The second-order valence-electron chi connectivity index (χ2n) is 4.28. The summed E-state index contributed by atoms with van der Waals surface area (Å²) in [6, 6.07) is 1.72. The van der Waals surface area contributed by atoms with E-state index in [1.165, 1.54) is 0 Å². The summed E-state index contributed by atoms with van der Waals surface area (Å²) in [5.74, 6) is 1.71. The number of nitrogens with zero attached hydrogens (tertiary/aromatic N) is 4. The Morgan fingerprint density at radius 1 is 1.53 bits per heavy atom. The molecular formula is C11H13ClN4O. The molecule has 3 heterocycles. The lowest BCUT2D eigenvalue weighted by Crippen LogP contribution is -2.12. The van der Waals surface area contributed by atoms with Crippen LogP contribution in [-0.2, 0) is 11.2 Å². The Bertz CT molecular complexity index is 548. The lowest BCUT2D eigenvalue weighted by atomic mass is 10.2. The van der Waals surface area contributed by atoms with E-state index >= 15 is 0 Å². The van der Waals surface area contributed by atoms with E-state index in [9.17, 15) is 0 Å². The minimum atomic E-state index is 0.262. The van der Waals surface area contributed by atoms with Gasteiger partial charge in [-0.25, -0.2) is 4.98 Å². The first-order valence-corrected chi connectivity index (χ1v) is 6.10. The second kappa shape index (κ2) is 4.23. The molecule has 0 aromatic carbocycles. The monoisotopic (exact) mass is 252 g/mol. The molecule has 0 N–H and O–H groups in total. The predicted molar refractivity (Wildman–Crippen MR) is 63.2 cm³/mol. The van der Waals surface area contributed by atoms with Crippen LogP contribution in [0.15, 0.2) is 6.07 Å².